The Labute approximate surface area is 248 Å². The average molecular weight is 604 g/mol. The number of alkyl halides is 3. The molecule has 0 amide bonds. The Bertz CT molecular complexity index is 1470. The van der Waals surface area contributed by atoms with Crippen molar-refractivity contribution in [2.24, 2.45) is 12.5 Å². The number of nitrogens with zero attached hydrogens (tertiary/aromatic N) is 5. The molecule has 2 atom stereocenters. The number of fused-ring (bicyclic) bond motifs is 1. The van der Waals surface area contributed by atoms with E-state index in [4.69, 9.17) is 14.5 Å². The van der Waals surface area contributed by atoms with Crippen molar-refractivity contribution in [3.63, 3.8) is 0 Å². The molecule has 0 N–H and O–H groups in total. The number of halogens is 3. The number of hydrogen-bond acceptors (Lipinski definition) is 9. The van der Waals surface area contributed by atoms with Crippen molar-refractivity contribution in [3.8, 4) is 5.75 Å². The minimum Gasteiger partial charge on any atom is -0.487 e. The zero-order chi connectivity index (χ0) is 31.5. The number of rotatable bonds is 9. The minimum atomic E-state index is -5.32. The molecule has 0 spiro atoms. The molecule has 43 heavy (non-hydrogen) atoms. The lowest BCUT2D eigenvalue weighted by atomic mass is 9.81. The molecule has 0 saturated heterocycles. The molecular weight excluding hydrogens is 567 g/mol. The molecule has 0 unspecified atom stereocenters. The van der Waals surface area contributed by atoms with Gasteiger partial charge in [0, 0.05) is 32.4 Å². The number of pyridine rings is 1. The smallest absolute Gasteiger partial charge is 0.487 e. The highest BCUT2D eigenvalue weighted by molar-refractivity contribution is 5.91. The lowest BCUT2D eigenvalue weighted by Crippen LogP contribution is -2.39. The van der Waals surface area contributed by atoms with Crippen molar-refractivity contribution >= 4 is 11.9 Å². The van der Waals surface area contributed by atoms with Crippen LogP contribution in [0.2, 0.25) is 0 Å². The van der Waals surface area contributed by atoms with E-state index in [-0.39, 0.29) is 12.7 Å². The number of esters is 2. The summed E-state index contributed by atoms with van der Waals surface area (Å²) in [4.78, 5) is 31.4. The van der Waals surface area contributed by atoms with Crippen LogP contribution < -0.4 is 4.74 Å². The summed E-state index contributed by atoms with van der Waals surface area (Å²) < 4.78 is 56.8. The summed E-state index contributed by atoms with van der Waals surface area (Å²) in [5.41, 5.74) is 2.90. The maximum Gasteiger partial charge on any atom is 0.491 e. The van der Waals surface area contributed by atoms with Crippen LogP contribution in [0.1, 0.15) is 67.1 Å². The average Bonchev–Trinajstić information content (AvgIpc) is 3.26. The molecule has 10 nitrogen and oxygen atoms in total. The summed E-state index contributed by atoms with van der Waals surface area (Å²) in [5.74, 6) is -3.19. The van der Waals surface area contributed by atoms with Crippen LogP contribution in [-0.2, 0) is 45.8 Å². The molecule has 0 bridgehead atoms. The van der Waals surface area contributed by atoms with Crippen LogP contribution in [0, 0.1) is 19.3 Å². The van der Waals surface area contributed by atoms with Gasteiger partial charge in [-0.1, -0.05) is 30.3 Å². The molecule has 1 aliphatic rings. The van der Waals surface area contributed by atoms with Gasteiger partial charge in [-0.3, -0.25) is 19.4 Å². The van der Waals surface area contributed by atoms with Crippen LogP contribution in [0.25, 0.3) is 0 Å². The topological polar surface area (TPSA) is 109 Å². The maximum absolute atomic E-state index is 13.0. The quantitative estimate of drug-likeness (QED) is 0.249. The van der Waals surface area contributed by atoms with Gasteiger partial charge in [0.25, 0.3) is 0 Å². The highest BCUT2D eigenvalue weighted by atomic mass is 19.4. The Morgan fingerprint density at radius 1 is 1.14 bits per heavy atom. The van der Waals surface area contributed by atoms with Gasteiger partial charge in [-0.05, 0) is 62.9 Å². The summed E-state index contributed by atoms with van der Waals surface area (Å²) in [5, 5.41) is 7.86. The number of aromatic nitrogens is 4. The van der Waals surface area contributed by atoms with E-state index in [1.165, 1.54) is 18.5 Å². The molecule has 232 valence electrons. The Morgan fingerprint density at radius 2 is 1.88 bits per heavy atom. The van der Waals surface area contributed by atoms with E-state index in [1.807, 2.05) is 38.1 Å². The van der Waals surface area contributed by atoms with Crippen LogP contribution >= 0.6 is 0 Å². The Hall–Kier alpha value is -3.84. The van der Waals surface area contributed by atoms with Crippen molar-refractivity contribution in [1.29, 1.82) is 0 Å². The minimum absolute atomic E-state index is 0.0443. The number of hydrogen-bond donors (Lipinski definition) is 0. The zero-order valence-corrected chi connectivity index (χ0v) is 25.1. The molecule has 2 aromatic heterocycles. The third kappa shape index (κ3) is 7.77. The second kappa shape index (κ2) is 12.8. The van der Waals surface area contributed by atoms with Crippen molar-refractivity contribution in [2.45, 2.75) is 79.1 Å². The molecular formula is C30H36F3N5O5. The molecule has 3 heterocycles. The van der Waals surface area contributed by atoms with Gasteiger partial charge in [-0.2, -0.15) is 13.2 Å². The molecule has 0 radical (unpaired) electrons. The van der Waals surface area contributed by atoms with Crippen LogP contribution in [0.3, 0.4) is 0 Å². The van der Waals surface area contributed by atoms with Gasteiger partial charge >= 0.3 is 18.1 Å². The van der Waals surface area contributed by atoms with E-state index in [1.54, 1.807) is 19.3 Å². The number of aryl methyl sites for hydroxylation is 3. The molecule has 1 aliphatic heterocycles. The van der Waals surface area contributed by atoms with Crippen molar-refractivity contribution in [3.05, 3.63) is 70.3 Å². The summed E-state index contributed by atoms with van der Waals surface area (Å²) >= 11 is 0. The summed E-state index contributed by atoms with van der Waals surface area (Å²) in [6.07, 6.45) is -4.04. The van der Waals surface area contributed by atoms with Gasteiger partial charge in [0.05, 0.1) is 30.0 Å². The normalized spacial score (nSPS) is 16.6. The number of carbonyl (C=O) groups is 2. The lowest BCUT2D eigenvalue weighted by Gasteiger charge is -2.32. The molecule has 3 aromatic rings. The van der Waals surface area contributed by atoms with Gasteiger partial charge in [-0.25, -0.2) is 4.79 Å². The van der Waals surface area contributed by atoms with E-state index in [0.717, 1.165) is 34.7 Å². The second-order valence-electron chi connectivity index (χ2n) is 11.4. The third-order valence-electron chi connectivity index (χ3n) is 7.37. The second-order valence-corrected chi connectivity index (χ2v) is 11.4. The first-order valence-corrected chi connectivity index (χ1v) is 13.9. The van der Waals surface area contributed by atoms with Crippen LogP contribution in [0.15, 0.2) is 36.5 Å². The molecule has 0 fully saturated rings. The maximum atomic E-state index is 13.0. The predicted molar refractivity (Wildman–Crippen MR) is 148 cm³/mol. The van der Waals surface area contributed by atoms with Gasteiger partial charge in [0.15, 0.2) is 0 Å². The highest BCUT2D eigenvalue weighted by Gasteiger charge is 2.47. The first kappa shape index (κ1) is 32.1. The Kier molecular flexibility index (Phi) is 9.55. The summed E-state index contributed by atoms with van der Waals surface area (Å²) in [6.45, 7) is 10.3. The SMILES string of the molecule is CC[C@@H]1CN(Cc2cc([C@@H](OCc3cn(C)nn3)C(C)(C)C(=O)OC(=O)C(F)(F)F)ccc2C)Cc2nc(C)ccc2O1. The van der Waals surface area contributed by atoms with Gasteiger partial charge in [0.2, 0.25) is 0 Å². The van der Waals surface area contributed by atoms with Gasteiger partial charge < -0.3 is 14.2 Å². The Balaban J connectivity index is 1.65. The molecule has 0 aliphatic carbocycles. The van der Waals surface area contributed by atoms with Crippen LogP contribution in [0.4, 0.5) is 13.2 Å². The van der Waals surface area contributed by atoms with E-state index < -0.39 is 29.6 Å². The first-order chi connectivity index (χ1) is 20.2. The van der Waals surface area contributed by atoms with E-state index in [0.29, 0.717) is 30.9 Å². The Morgan fingerprint density at radius 3 is 2.53 bits per heavy atom. The molecule has 13 heteroatoms. The van der Waals surface area contributed by atoms with Crippen molar-refractivity contribution < 1.29 is 37.0 Å². The van der Waals surface area contributed by atoms with Gasteiger partial charge in [-0.15, -0.1) is 5.10 Å². The number of benzene rings is 1. The fourth-order valence-electron chi connectivity index (χ4n) is 4.93. The third-order valence-corrected chi connectivity index (χ3v) is 7.37. The lowest BCUT2D eigenvalue weighted by molar-refractivity contribution is -0.207. The first-order valence-electron chi connectivity index (χ1n) is 13.9. The van der Waals surface area contributed by atoms with E-state index >= 15 is 0 Å². The van der Waals surface area contributed by atoms with Crippen LogP contribution in [-0.4, -0.2) is 55.6 Å². The van der Waals surface area contributed by atoms with E-state index in [9.17, 15) is 22.8 Å². The molecule has 4 rings (SSSR count). The number of ether oxygens (including phenoxy) is 3. The van der Waals surface area contributed by atoms with Crippen molar-refractivity contribution in [1.82, 2.24) is 24.9 Å². The summed E-state index contributed by atoms with van der Waals surface area (Å²) in [7, 11) is 1.68. The van der Waals surface area contributed by atoms with Gasteiger partial charge in [0.1, 0.15) is 17.5 Å². The highest BCUT2D eigenvalue weighted by Crippen LogP contribution is 2.40. The molecule has 0 saturated carbocycles. The predicted octanol–water partition coefficient (Wildman–Crippen LogP) is 4.92. The monoisotopic (exact) mass is 603 g/mol. The van der Waals surface area contributed by atoms with Crippen molar-refractivity contribution in [2.75, 3.05) is 6.54 Å². The number of carbonyl (C=O) groups excluding carboxylic acids is 2. The fourth-order valence-corrected chi connectivity index (χ4v) is 4.93. The fraction of sp³-hybridized carbons (Fsp3) is 0.500. The van der Waals surface area contributed by atoms with E-state index in [2.05, 4.69) is 26.9 Å². The van der Waals surface area contributed by atoms with Crippen LogP contribution in [0.5, 0.6) is 5.75 Å². The molecule has 1 aromatic carbocycles. The zero-order valence-electron chi connectivity index (χ0n) is 25.1. The standard InChI is InChI=1S/C30H36F3N5O5/c1-7-23-15-38(16-24-25(42-23)11-9-19(3)34-24)13-21-12-20(10-8-18(21)2)26(41-17-22-14-37(6)36-35-22)29(4,5)27(39)43-28(40)30(31,32)33/h8-12,14,23,26H,7,13,15-17H2,1-6H3/t23-,26-/m1/s1. The summed E-state index contributed by atoms with van der Waals surface area (Å²) in [6, 6.07) is 9.36. The largest absolute Gasteiger partial charge is 0.491 e.